The van der Waals surface area contributed by atoms with Crippen LogP contribution in [0.5, 0.6) is 0 Å². The van der Waals surface area contributed by atoms with Gasteiger partial charge in [-0.05, 0) is 18.9 Å². The molecule has 1 heterocycles. The number of rotatable bonds is 6. The molecule has 0 atom stereocenters. The molecule has 0 radical (unpaired) electrons. The molecule has 22 heavy (non-hydrogen) atoms. The van der Waals surface area contributed by atoms with Gasteiger partial charge in [-0.25, -0.2) is 4.98 Å². The van der Waals surface area contributed by atoms with Gasteiger partial charge in [0.05, 0.1) is 6.33 Å². The molecule has 0 unspecified atom stereocenters. The lowest BCUT2D eigenvalue weighted by molar-refractivity contribution is -0.121. The molecule has 2 aromatic rings. The zero-order chi connectivity index (χ0) is 15.9. The molecule has 1 aromatic carbocycles. The smallest absolute Gasteiger partial charge is 0.253 e. The van der Waals surface area contributed by atoms with Crippen molar-refractivity contribution < 1.29 is 4.79 Å². The summed E-state index contributed by atoms with van der Waals surface area (Å²) in [7, 11) is 0. The summed E-state index contributed by atoms with van der Waals surface area (Å²) in [4.78, 5) is 28.0. The van der Waals surface area contributed by atoms with E-state index in [1.807, 2.05) is 38.1 Å². The Morgan fingerprint density at radius 2 is 2.00 bits per heavy atom. The van der Waals surface area contributed by atoms with Crippen LogP contribution in [0.15, 0.2) is 41.5 Å². The Balaban J connectivity index is 1.91. The van der Waals surface area contributed by atoms with Crippen LogP contribution >= 0.6 is 0 Å². The van der Waals surface area contributed by atoms with Gasteiger partial charge in [-0.3, -0.25) is 14.2 Å². The van der Waals surface area contributed by atoms with Crippen LogP contribution < -0.4 is 10.9 Å². The fourth-order valence-corrected chi connectivity index (χ4v) is 2.09. The van der Waals surface area contributed by atoms with Gasteiger partial charge in [-0.1, -0.05) is 43.2 Å². The predicted octanol–water partition coefficient (Wildman–Crippen LogP) is 1.82. The van der Waals surface area contributed by atoms with Gasteiger partial charge >= 0.3 is 0 Å². The molecule has 1 amide bonds. The van der Waals surface area contributed by atoms with E-state index in [2.05, 4.69) is 10.3 Å². The second-order valence-corrected chi connectivity index (χ2v) is 5.36. The summed E-state index contributed by atoms with van der Waals surface area (Å²) in [5.41, 5.74) is 2.79. The third kappa shape index (κ3) is 4.55. The first-order valence-corrected chi connectivity index (χ1v) is 7.46. The lowest BCUT2D eigenvalue weighted by Gasteiger charge is -2.08. The number of hydrogen-bond donors (Lipinski definition) is 1. The number of aromatic nitrogens is 2. The van der Waals surface area contributed by atoms with E-state index in [4.69, 9.17) is 0 Å². The van der Waals surface area contributed by atoms with Gasteiger partial charge in [-0.2, -0.15) is 0 Å². The highest BCUT2D eigenvalue weighted by Gasteiger charge is 2.05. The highest BCUT2D eigenvalue weighted by Crippen LogP contribution is 2.02. The first-order chi connectivity index (χ1) is 10.6. The van der Waals surface area contributed by atoms with E-state index in [1.165, 1.54) is 22.5 Å². The Bertz CT molecular complexity index is 690. The van der Waals surface area contributed by atoms with Gasteiger partial charge in [-0.15, -0.1) is 0 Å². The molecule has 0 fully saturated rings. The summed E-state index contributed by atoms with van der Waals surface area (Å²) in [6, 6.07) is 9.45. The number of benzene rings is 1. The molecule has 0 spiro atoms. The van der Waals surface area contributed by atoms with Crippen LogP contribution in [0.2, 0.25) is 0 Å². The first kappa shape index (κ1) is 15.9. The standard InChI is InChI=1S/C17H21N3O2/c1-3-4-15-9-17(22)20(12-19-15)11-16(21)18-10-14-7-5-13(2)6-8-14/h5-9,12H,3-4,10-11H2,1-2H3,(H,18,21). The molecule has 0 bridgehead atoms. The summed E-state index contributed by atoms with van der Waals surface area (Å²) in [6.45, 7) is 4.50. The molecular weight excluding hydrogens is 278 g/mol. The fraction of sp³-hybridized carbons (Fsp3) is 0.353. The quantitative estimate of drug-likeness (QED) is 0.885. The Morgan fingerprint density at radius 3 is 2.64 bits per heavy atom. The molecule has 0 saturated heterocycles. The Hall–Kier alpha value is -2.43. The zero-order valence-electron chi connectivity index (χ0n) is 13.0. The minimum absolute atomic E-state index is 0.00982. The summed E-state index contributed by atoms with van der Waals surface area (Å²) in [6.07, 6.45) is 3.15. The van der Waals surface area contributed by atoms with Crippen LogP contribution in [0.25, 0.3) is 0 Å². The predicted molar refractivity (Wildman–Crippen MR) is 85.5 cm³/mol. The minimum atomic E-state index is -0.201. The molecule has 0 aliphatic carbocycles. The summed E-state index contributed by atoms with van der Waals surface area (Å²) in [5, 5.41) is 2.81. The van der Waals surface area contributed by atoms with Gasteiger partial charge in [0, 0.05) is 18.3 Å². The van der Waals surface area contributed by atoms with Gasteiger partial charge in [0.25, 0.3) is 5.56 Å². The van der Waals surface area contributed by atoms with Crippen molar-refractivity contribution in [3.05, 3.63) is 63.8 Å². The third-order valence-corrected chi connectivity index (χ3v) is 3.37. The van der Waals surface area contributed by atoms with Crippen molar-refractivity contribution in [2.45, 2.75) is 39.8 Å². The lowest BCUT2D eigenvalue weighted by atomic mass is 10.1. The van der Waals surface area contributed by atoms with E-state index >= 15 is 0 Å². The van der Waals surface area contributed by atoms with E-state index in [0.29, 0.717) is 6.54 Å². The van der Waals surface area contributed by atoms with Gasteiger partial charge in [0.2, 0.25) is 5.91 Å². The molecule has 0 aliphatic rings. The van der Waals surface area contributed by atoms with Gasteiger partial charge in [0.1, 0.15) is 6.54 Å². The van der Waals surface area contributed by atoms with Crippen LogP contribution in [0.1, 0.15) is 30.2 Å². The zero-order valence-corrected chi connectivity index (χ0v) is 13.0. The van der Waals surface area contributed by atoms with E-state index < -0.39 is 0 Å². The summed E-state index contributed by atoms with van der Waals surface area (Å²) in [5.74, 6) is -0.201. The Labute approximate surface area is 130 Å². The molecule has 1 aromatic heterocycles. The van der Waals surface area contributed by atoms with E-state index in [1.54, 1.807) is 0 Å². The normalized spacial score (nSPS) is 10.5. The number of carbonyl (C=O) groups excluding carboxylic acids is 1. The van der Waals surface area contributed by atoms with E-state index in [0.717, 1.165) is 24.1 Å². The van der Waals surface area contributed by atoms with Crippen molar-refractivity contribution in [2.24, 2.45) is 0 Å². The number of hydrogen-bond acceptors (Lipinski definition) is 3. The maximum atomic E-state index is 11.9. The number of nitrogens with zero attached hydrogens (tertiary/aromatic N) is 2. The molecule has 116 valence electrons. The average Bonchev–Trinajstić information content (AvgIpc) is 2.50. The minimum Gasteiger partial charge on any atom is -0.350 e. The second-order valence-electron chi connectivity index (χ2n) is 5.36. The first-order valence-electron chi connectivity index (χ1n) is 7.46. The molecular formula is C17H21N3O2. The summed E-state index contributed by atoms with van der Waals surface area (Å²) >= 11 is 0. The molecule has 5 heteroatoms. The third-order valence-electron chi connectivity index (χ3n) is 3.37. The maximum Gasteiger partial charge on any atom is 0.253 e. The lowest BCUT2D eigenvalue weighted by Crippen LogP contribution is -2.32. The molecule has 5 nitrogen and oxygen atoms in total. The Morgan fingerprint density at radius 1 is 1.27 bits per heavy atom. The van der Waals surface area contributed by atoms with Crippen molar-refractivity contribution in [3.63, 3.8) is 0 Å². The fourth-order valence-electron chi connectivity index (χ4n) is 2.09. The molecule has 0 aliphatic heterocycles. The van der Waals surface area contributed by atoms with Crippen LogP contribution in [-0.4, -0.2) is 15.5 Å². The number of carbonyl (C=O) groups is 1. The van der Waals surface area contributed by atoms with Crippen molar-refractivity contribution in [1.82, 2.24) is 14.9 Å². The van der Waals surface area contributed by atoms with Crippen LogP contribution in [-0.2, 0) is 24.3 Å². The van der Waals surface area contributed by atoms with Crippen molar-refractivity contribution in [2.75, 3.05) is 0 Å². The van der Waals surface area contributed by atoms with E-state index in [-0.39, 0.29) is 18.0 Å². The highest BCUT2D eigenvalue weighted by atomic mass is 16.2. The van der Waals surface area contributed by atoms with Crippen LogP contribution in [0.3, 0.4) is 0 Å². The average molecular weight is 299 g/mol. The molecule has 0 saturated carbocycles. The number of amides is 1. The number of nitrogens with one attached hydrogen (secondary N) is 1. The van der Waals surface area contributed by atoms with Crippen molar-refractivity contribution in [3.8, 4) is 0 Å². The summed E-state index contributed by atoms with van der Waals surface area (Å²) < 4.78 is 1.32. The van der Waals surface area contributed by atoms with Gasteiger partial charge in [0.15, 0.2) is 0 Å². The maximum absolute atomic E-state index is 11.9. The second kappa shape index (κ2) is 7.54. The number of aryl methyl sites for hydroxylation is 2. The van der Waals surface area contributed by atoms with Crippen molar-refractivity contribution >= 4 is 5.91 Å². The van der Waals surface area contributed by atoms with Crippen LogP contribution in [0.4, 0.5) is 0 Å². The van der Waals surface area contributed by atoms with Crippen LogP contribution in [0, 0.1) is 6.92 Å². The van der Waals surface area contributed by atoms with Crippen molar-refractivity contribution in [1.29, 1.82) is 0 Å². The highest BCUT2D eigenvalue weighted by molar-refractivity contribution is 5.75. The molecule has 2 rings (SSSR count). The molecule has 1 N–H and O–H groups in total. The monoisotopic (exact) mass is 299 g/mol. The Kier molecular flexibility index (Phi) is 5.47. The SMILES string of the molecule is CCCc1cc(=O)n(CC(=O)NCc2ccc(C)cc2)cn1. The largest absolute Gasteiger partial charge is 0.350 e. The van der Waals surface area contributed by atoms with E-state index in [9.17, 15) is 9.59 Å². The topological polar surface area (TPSA) is 64.0 Å². The van der Waals surface area contributed by atoms with Gasteiger partial charge < -0.3 is 5.32 Å².